The van der Waals surface area contributed by atoms with Crippen molar-refractivity contribution in [3.8, 4) is 5.75 Å². The molecule has 0 aliphatic carbocycles. The second-order valence-electron chi connectivity index (χ2n) is 6.97. The van der Waals surface area contributed by atoms with Crippen LogP contribution >= 0.6 is 11.6 Å². The predicted octanol–water partition coefficient (Wildman–Crippen LogP) is 3.89. The number of ether oxygens (including phenoxy) is 1. The number of hydrazone groups is 1. The van der Waals surface area contributed by atoms with E-state index in [0.29, 0.717) is 22.7 Å². The van der Waals surface area contributed by atoms with Gasteiger partial charge >= 0.3 is 11.8 Å². The van der Waals surface area contributed by atoms with Gasteiger partial charge in [-0.2, -0.15) is 5.10 Å². The Bertz CT molecular complexity index is 1250. The summed E-state index contributed by atoms with van der Waals surface area (Å²) in [6.07, 6.45) is 1.28. The number of rotatable bonds is 7. The van der Waals surface area contributed by atoms with Crippen molar-refractivity contribution in [2.45, 2.75) is 6.92 Å². The minimum Gasteiger partial charge on any atom is -0.483 e. The summed E-state index contributed by atoms with van der Waals surface area (Å²) in [5.41, 5.74) is 4.25. The van der Waals surface area contributed by atoms with Gasteiger partial charge < -0.3 is 15.4 Å². The minimum atomic E-state index is -0.949. The lowest BCUT2D eigenvalue weighted by molar-refractivity contribution is -0.136. The highest BCUT2D eigenvalue weighted by atomic mass is 35.5. The number of benzene rings is 3. The molecule has 0 heterocycles. The molecule has 0 saturated heterocycles. The number of carbonyl (C=O) groups excluding carboxylic acids is 3. The van der Waals surface area contributed by atoms with E-state index in [0.717, 1.165) is 11.6 Å². The van der Waals surface area contributed by atoms with E-state index in [4.69, 9.17) is 16.3 Å². The zero-order valence-corrected chi connectivity index (χ0v) is 18.7. The molecule has 0 unspecified atom stereocenters. The maximum absolute atomic E-state index is 13.2. The van der Waals surface area contributed by atoms with E-state index in [1.165, 1.54) is 18.3 Å². The normalized spacial score (nSPS) is 10.6. The predicted molar refractivity (Wildman–Crippen MR) is 128 cm³/mol. The molecule has 0 fully saturated rings. The minimum absolute atomic E-state index is 0.116. The number of hydrogen-bond donors (Lipinski definition) is 3. The molecule has 34 heavy (non-hydrogen) atoms. The first-order valence-corrected chi connectivity index (χ1v) is 10.4. The number of hydrogen-bond acceptors (Lipinski definition) is 5. The fourth-order valence-corrected chi connectivity index (χ4v) is 2.92. The Morgan fingerprint density at radius 2 is 1.74 bits per heavy atom. The maximum atomic E-state index is 13.2. The quantitative estimate of drug-likeness (QED) is 0.269. The molecular formula is C24H20ClFN4O4. The monoisotopic (exact) mass is 482 g/mol. The summed E-state index contributed by atoms with van der Waals surface area (Å²) in [5.74, 6) is -2.58. The topological polar surface area (TPSA) is 109 Å². The van der Waals surface area contributed by atoms with Gasteiger partial charge in [0, 0.05) is 16.9 Å². The Morgan fingerprint density at radius 1 is 1.00 bits per heavy atom. The third-order valence-corrected chi connectivity index (χ3v) is 4.74. The maximum Gasteiger partial charge on any atom is 0.329 e. The third kappa shape index (κ3) is 6.88. The molecule has 0 radical (unpaired) electrons. The van der Waals surface area contributed by atoms with Crippen molar-refractivity contribution in [2.24, 2.45) is 5.10 Å². The summed E-state index contributed by atoms with van der Waals surface area (Å²) in [6.45, 7) is 1.46. The molecule has 8 nitrogen and oxygen atoms in total. The van der Waals surface area contributed by atoms with E-state index < -0.39 is 23.5 Å². The van der Waals surface area contributed by atoms with E-state index in [2.05, 4.69) is 21.2 Å². The van der Waals surface area contributed by atoms with Crippen LogP contribution in [-0.2, 0) is 14.4 Å². The van der Waals surface area contributed by atoms with Crippen LogP contribution in [0.3, 0.4) is 0 Å². The number of nitrogens with one attached hydrogen (secondary N) is 3. The molecule has 0 aliphatic heterocycles. The van der Waals surface area contributed by atoms with Gasteiger partial charge in [-0.25, -0.2) is 9.82 Å². The number of para-hydroxylation sites is 2. The van der Waals surface area contributed by atoms with Crippen molar-refractivity contribution in [3.63, 3.8) is 0 Å². The summed E-state index contributed by atoms with van der Waals surface area (Å²) in [5, 5.41) is 8.72. The summed E-state index contributed by atoms with van der Waals surface area (Å²) >= 11 is 5.70. The van der Waals surface area contributed by atoms with Crippen molar-refractivity contribution in [1.82, 2.24) is 5.43 Å². The Morgan fingerprint density at radius 3 is 2.50 bits per heavy atom. The van der Waals surface area contributed by atoms with Crippen molar-refractivity contribution in [3.05, 3.63) is 88.7 Å². The summed E-state index contributed by atoms with van der Waals surface area (Å²) in [7, 11) is 0. The third-order valence-electron chi connectivity index (χ3n) is 4.45. The molecule has 0 saturated carbocycles. The van der Waals surface area contributed by atoms with Crippen LogP contribution in [0.25, 0.3) is 0 Å². The van der Waals surface area contributed by atoms with E-state index in [-0.39, 0.29) is 11.6 Å². The van der Waals surface area contributed by atoms with Gasteiger partial charge in [-0.1, -0.05) is 41.9 Å². The first-order chi connectivity index (χ1) is 16.3. The first kappa shape index (κ1) is 24.4. The van der Waals surface area contributed by atoms with Crippen molar-refractivity contribution in [1.29, 1.82) is 0 Å². The highest BCUT2D eigenvalue weighted by Crippen LogP contribution is 2.20. The molecule has 0 atom stereocenters. The van der Waals surface area contributed by atoms with Crippen molar-refractivity contribution >= 4 is 46.9 Å². The Kier molecular flexibility index (Phi) is 8.31. The molecule has 0 bridgehead atoms. The highest BCUT2D eigenvalue weighted by molar-refractivity contribution is 6.39. The van der Waals surface area contributed by atoms with Gasteiger partial charge in [0.25, 0.3) is 5.91 Å². The molecular weight excluding hydrogens is 463 g/mol. The number of carbonyl (C=O) groups is 3. The highest BCUT2D eigenvalue weighted by Gasteiger charge is 2.14. The lowest BCUT2D eigenvalue weighted by Gasteiger charge is -2.10. The van der Waals surface area contributed by atoms with Crippen LogP contribution in [0.5, 0.6) is 5.75 Å². The van der Waals surface area contributed by atoms with Crippen LogP contribution in [0.15, 0.2) is 71.8 Å². The summed E-state index contributed by atoms with van der Waals surface area (Å²) < 4.78 is 18.7. The van der Waals surface area contributed by atoms with Crippen molar-refractivity contribution < 1.29 is 23.5 Å². The van der Waals surface area contributed by atoms with Gasteiger partial charge in [-0.3, -0.25) is 14.4 Å². The molecule has 0 aromatic heterocycles. The van der Waals surface area contributed by atoms with Gasteiger partial charge in [0.2, 0.25) is 0 Å². The van der Waals surface area contributed by atoms with Gasteiger partial charge in [-0.15, -0.1) is 0 Å². The van der Waals surface area contributed by atoms with Crippen LogP contribution < -0.4 is 20.8 Å². The fourth-order valence-electron chi connectivity index (χ4n) is 2.74. The zero-order valence-electron chi connectivity index (χ0n) is 18.0. The average Bonchev–Trinajstić information content (AvgIpc) is 2.82. The number of anilines is 2. The number of halogens is 2. The van der Waals surface area contributed by atoms with Crippen molar-refractivity contribution in [2.75, 3.05) is 17.2 Å². The zero-order chi connectivity index (χ0) is 24.5. The average molecular weight is 483 g/mol. The van der Waals surface area contributed by atoms with Crippen LogP contribution in [0, 0.1) is 12.7 Å². The van der Waals surface area contributed by atoms with Crippen LogP contribution in [0.1, 0.15) is 11.1 Å². The summed E-state index contributed by atoms with van der Waals surface area (Å²) in [6, 6.07) is 17.5. The summed E-state index contributed by atoms with van der Waals surface area (Å²) in [4.78, 5) is 36.2. The van der Waals surface area contributed by atoms with E-state index in [1.807, 2.05) is 6.07 Å². The number of nitrogens with zero attached hydrogens (tertiary/aromatic N) is 1. The molecule has 3 N–H and O–H groups in total. The lowest BCUT2D eigenvalue weighted by atomic mass is 10.2. The molecule has 174 valence electrons. The van der Waals surface area contributed by atoms with Gasteiger partial charge in [0.1, 0.15) is 11.6 Å². The number of aryl methyl sites for hydroxylation is 1. The largest absolute Gasteiger partial charge is 0.483 e. The van der Waals surface area contributed by atoms with E-state index in [9.17, 15) is 18.8 Å². The molecule has 0 aliphatic rings. The van der Waals surface area contributed by atoms with E-state index in [1.54, 1.807) is 49.4 Å². The number of amides is 3. The molecule has 3 rings (SSSR count). The Labute approximate surface area is 199 Å². The Hall–Kier alpha value is -4.24. The molecule has 3 amide bonds. The van der Waals surface area contributed by atoms with Gasteiger partial charge in [0.15, 0.2) is 6.61 Å². The second-order valence-corrected chi connectivity index (χ2v) is 7.38. The fraction of sp³-hybridized carbons (Fsp3) is 0.0833. The SMILES string of the molecule is Cc1ccccc1NC(=O)C(=O)N/N=C\c1ccccc1OCC(=O)Nc1ccc(F)c(Cl)c1. The van der Waals surface area contributed by atoms with Gasteiger partial charge in [-0.05, 0) is 48.9 Å². The van der Waals surface area contributed by atoms with Crippen LogP contribution in [-0.4, -0.2) is 30.5 Å². The molecule has 3 aromatic carbocycles. The van der Waals surface area contributed by atoms with E-state index >= 15 is 0 Å². The molecule has 0 spiro atoms. The second kappa shape index (κ2) is 11.6. The smallest absolute Gasteiger partial charge is 0.329 e. The standard InChI is InChI=1S/C24H20ClFN4O4/c1-15-6-2-4-8-20(15)29-23(32)24(33)30-27-13-16-7-3-5-9-21(16)34-14-22(31)28-17-10-11-19(26)18(25)12-17/h2-13H,14H2,1H3,(H,28,31)(H,29,32)(H,30,33)/b27-13-. The van der Waals surface area contributed by atoms with Gasteiger partial charge in [0.05, 0.1) is 11.2 Å². The van der Waals surface area contributed by atoms with Crippen LogP contribution in [0.4, 0.5) is 15.8 Å². The lowest BCUT2D eigenvalue weighted by Crippen LogP contribution is -2.32. The molecule has 10 heteroatoms. The Balaban J connectivity index is 1.54. The first-order valence-electron chi connectivity index (χ1n) is 10.00. The van der Waals surface area contributed by atoms with Crippen LogP contribution in [0.2, 0.25) is 5.02 Å². The molecule has 3 aromatic rings.